The number of hydrogen-bond acceptors (Lipinski definition) is 3. The van der Waals surface area contributed by atoms with Crippen LogP contribution in [0.5, 0.6) is 0 Å². The maximum absolute atomic E-state index is 12.8. The molecule has 2 amide bonds. The van der Waals surface area contributed by atoms with Gasteiger partial charge in [-0.05, 0) is 50.3 Å². The second-order valence-corrected chi connectivity index (χ2v) is 7.26. The molecule has 1 aliphatic heterocycles. The van der Waals surface area contributed by atoms with Gasteiger partial charge in [-0.2, -0.15) is 0 Å². The third kappa shape index (κ3) is 5.05. The SMILES string of the molecule is O=C(NC(C(=O)NCc1ccccc1)C1CCNCC1)C1CCCC1. The number of nitrogens with one attached hydrogen (secondary N) is 3. The van der Waals surface area contributed by atoms with Crippen LogP contribution in [0.1, 0.15) is 44.1 Å². The van der Waals surface area contributed by atoms with Crippen LogP contribution in [-0.4, -0.2) is 30.9 Å². The van der Waals surface area contributed by atoms with Crippen LogP contribution < -0.4 is 16.0 Å². The summed E-state index contributed by atoms with van der Waals surface area (Å²) in [6.45, 7) is 2.32. The maximum atomic E-state index is 12.8. The van der Waals surface area contributed by atoms with Crippen LogP contribution in [0.2, 0.25) is 0 Å². The number of amides is 2. The lowest BCUT2D eigenvalue weighted by Crippen LogP contribution is -2.53. The molecule has 1 unspecified atom stereocenters. The van der Waals surface area contributed by atoms with Crippen LogP contribution in [0.4, 0.5) is 0 Å². The molecule has 0 spiro atoms. The van der Waals surface area contributed by atoms with E-state index in [1.807, 2.05) is 30.3 Å². The first kappa shape index (κ1) is 17.9. The molecule has 5 nitrogen and oxygen atoms in total. The summed E-state index contributed by atoms with van der Waals surface area (Å²) in [5.41, 5.74) is 1.07. The molecule has 0 aromatic heterocycles. The standard InChI is InChI=1S/C20H29N3O2/c24-19(17-8-4-5-9-17)23-18(16-10-12-21-13-11-16)20(25)22-14-15-6-2-1-3-7-15/h1-3,6-7,16-18,21H,4-5,8-14H2,(H,22,25)(H,23,24). The van der Waals surface area contributed by atoms with Crippen molar-refractivity contribution in [3.05, 3.63) is 35.9 Å². The van der Waals surface area contributed by atoms with Crippen molar-refractivity contribution < 1.29 is 9.59 Å². The molecular formula is C20H29N3O2. The fraction of sp³-hybridized carbons (Fsp3) is 0.600. The van der Waals surface area contributed by atoms with Gasteiger partial charge in [-0.3, -0.25) is 9.59 Å². The summed E-state index contributed by atoms with van der Waals surface area (Å²) < 4.78 is 0. The van der Waals surface area contributed by atoms with Crippen LogP contribution in [0.3, 0.4) is 0 Å². The van der Waals surface area contributed by atoms with Crippen molar-refractivity contribution in [2.45, 2.75) is 51.1 Å². The van der Waals surface area contributed by atoms with E-state index < -0.39 is 6.04 Å². The van der Waals surface area contributed by atoms with Gasteiger partial charge in [0.15, 0.2) is 0 Å². The summed E-state index contributed by atoms with van der Waals surface area (Å²) in [4.78, 5) is 25.4. The Bertz CT molecular complexity index is 564. The summed E-state index contributed by atoms with van der Waals surface area (Å²) in [6.07, 6.45) is 6.00. The first-order valence-corrected chi connectivity index (χ1v) is 9.57. The van der Waals surface area contributed by atoms with Crippen molar-refractivity contribution in [2.75, 3.05) is 13.1 Å². The lowest BCUT2D eigenvalue weighted by molar-refractivity contribution is -0.132. The van der Waals surface area contributed by atoms with Crippen molar-refractivity contribution in [3.63, 3.8) is 0 Å². The highest BCUT2D eigenvalue weighted by atomic mass is 16.2. The average Bonchev–Trinajstić information content (AvgIpc) is 3.20. The number of carbonyl (C=O) groups excluding carboxylic acids is 2. The molecular weight excluding hydrogens is 314 g/mol. The van der Waals surface area contributed by atoms with Crippen molar-refractivity contribution in [2.24, 2.45) is 11.8 Å². The van der Waals surface area contributed by atoms with Gasteiger partial charge in [-0.15, -0.1) is 0 Å². The normalized spacial score (nSPS) is 20.2. The Balaban J connectivity index is 1.61. The molecule has 1 heterocycles. The Morgan fingerprint density at radius 1 is 1.04 bits per heavy atom. The van der Waals surface area contributed by atoms with Gasteiger partial charge in [0.25, 0.3) is 0 Å². The van der Waals surface area contributed by atoms with Gasteiger partial charge in [0.2, 0.25) is 11.8 Å². The third-order valence-corrected chi connectivity index (χ3v) is 5.47. The van der Waals surface area contributed by atoms with Crippen LogP contribution >= 0.6 is 0 Å². The second kappa shape index (κ2) is 8.99. The molecule has 3 N–H and O–H groups in total. The van der Waals surface area contributed by atoms with E-state index >= 15 is 0 Å². The number of rotatable bonds is 6. The summed E-state index contributed by atoms with van der Waals surface area (Å²) in [7, 11) is 0. The molecule has 2 fully saturated rings. The van der Waals surface area contributed by atoms with Crippen molar-refractivity contribution >= 4 is 11.8 Å². The third-order valence-electron chi connectivity index (χ3n) is 5.47. The zero-order chi connectivity index (χ0) is 17.5. The first-order valence-electron chi connectivity index (χ1n) is 9.57. The summed E-state index contributed by atoms with van der Waals surface area (Å²) in [6, 6.07) is 9.47. The minimum Gasteiger partial charge on any atom is -0.350 e. The largest absolute Gasteiger partial charge is 0.350 e. The molecule has 1 saturated carbocycles. The minimum absolute atomic E-state index is 0.0536. The first-order chi connectivity index (χ1) is 12.2. The van der Waals surface area contributed by atoms with Crippen LogP contribution in [0, 0.1) is 11.8 Å². The molecule has 1 aromatic carbocycles. The van der Waals surface area contributed by atoms with E-state index in [-0.39, 0.29) is 23.7 Å². The highest BCUT2D eigenvalue weighted by molar-refractivity contribution is 5.88. The molecule has 1 atom stereocenters. The van der Waals surface area contributed by atoms with Crippen LogP contribution in [0.25, 0.3) is 0 Å². The highest BCUT2D eigenvalue weighted by Crippen LogP contribution is 2.26. The van der Waals surface area contributed by atoms with E-state index in [1.165, 1.54) is 0 Å². The number of benzene rings is 1. The monoisotopic (exact) mass is 343 g/mol. The molecule has 1 aromatic rings. The predicted octanol–water partition coefficient (Wildman–Crippen LogP) is 1.98. The molecule has 1 aliphatic carbocycles. The Hall–Kier alpha value is -1.88. The Morgan fingerprint density at radius 3 is 2.40 bits per heavy atom. The molecule has 25 heavy (non-hydrogen) atoms. The fourth-order valence-electron chi connectivity index (χ4n) is 3.93. The zero-order valence-corrected chi connectivity index (χ0v) is 14.8. The quantitative estimate of drug-likeness (QED) is 0.740. The fourth-order valence-corrected chi connectivity index (χ4v) is 3.93. The maximum Gasteiger partial charge on any atom is 0.243 e. The van der Waals surface area contributed by atoms with Crippen LogP contribution in [-0.2, 0) is 16.1 Å². The van der Waals surface area contributed by atoms with Gasteiger partial charge in [0.1, 0.15) is 6.04 Å². The molecule has 1 saturated heterocycles. The number of piperidine rings is 1. The highest BCUT2D eigenvalue weighted by Gasteiger charge is 2.33. The van der Waals surface area contributed by atoms with E-state index in [2.05, 4.69) is 16.0 Å². The van der Waals surface area contributed by atoms with Crippen molar-refractivity contribution in [1.82, 2.24) is 16.0 Å². The van der Waals surface area contributed by atoms with Crippen LogP contribution in [0.15, 0.2) is 30.3 Å². The van der Waals surface area contributed by atoms with Gasteiger partial charge >= 0.3 is 0 Å². The molecule has 0 radical (unpaired) electrons. The summed E-state index contributed by atoms with van der Waals surface area (Å²) in [5.74, 6) is 0.312. The Morgan fingerprint density at radius 2 is 1.72 bits per heavy atom. The summed E-state index contributed by atoms with van der Waals surface area (Å²) in [5, 5.41) is 9.43. The van der Waals surface area contributed by atoms with E-state index in [0.717, 1.165) is 57.2 Å². The molecule has 0 bridgehead atoms. The molecule has 136 valence electrons. The van der Waals surface area contributed by atoms with Gasteiger partial charge in [-0.1, -0.05) is 43.2 Å². The Kier molecular flexibility index (Phi) is 6.45. The smallest absolute Gasteiger partial charge is 0.243 e. The van der Waals surface area contributed by atoms with E-state index in [0.29, 0.717) is 6.54 Å². The van der Waals surface area contributed by atoms with Crippen molar-refractivity contribution in [3.8, 4) is 0 Å². The molecule has 3 rings (SSSR count). The van der Waals surface area contributed by atoms with Gasteiger partial charge in [-0.25, -0.2) is 0 Å². The van der Waals surface area contributed by atoms with Gasteiger partial charge in [0.05, 0.1) is 0 Å². The predicted molar refractivity (Wildman–Crippen MR) is 97.8 cm³/mol. The molecule has 2 aliphatic rings. The van der Waals surface area contributed by atoms with Gasteiger partial charge < -0.3 is 16.0 Å². The lowest BCUT2D eigenvalue weighted by atomic mass is 9.89. The topological polar surface area (TPSA) is 70.2 Å². The van der Waals surface area contributed by atoms with E-state index in [4.69, 9.17) is 0 Å². The van der Waals surface area contributed by atoms with E-state index in [9.17, 15) is 9.59 Å². The summed E-state index contributed by atoms with van der Waals surface area (Å²) >= 11 is 0. The number of carbonyl (C=O) groups is 2. The van der Waals surface area contributed by atoms with Gasteiger partial charge in [0, 0.05) is 12.5 Å². The average molecular weight is 343 g/mol. The Labute approximate surface area is 150 Å². The van der Waals surface area contributed by atoms with E-state index in [1.54, 1.807) is 0 Å². The zero-order valence-electron chi connectivity index (χ0n) is 14.8. The number of hydrogen-bond donors (Lipinski definition) is 3. The lowest BCUT2D eigenvalue weighted by Gasteiger charge is -2.31. The van der Waals surface area contributed by atoms with Crippen molar-refractivity contribution in [1.29, 1.82) is 0 Å². The minimum atomic E-state index is -0.418. The second-order valence-electron chi connectivity index (χ2n) is 7.26. The molecule has 5 heteroatoms.